The summed E-state index contributed by atoms with van der Waals surface area (Å²) in [4.78, 5) is 10.0. The number of aromatic nitrogens is 2. The Hall–Kier alpha value is -1.36. The van der Waals surface area contributed by atoms with Crippen molar-refractivity contribution in [2.45, 2.75) is 12.5 Å². The molecule has 0 bridgehead atoms. The maximum atomic E-state index is 5.65. The van der Waals surface area contributed by atoms with E-state index < -0.39 is 0 Å². The molecule has 2 heterocycles. The lowest BCUT2D eigenvalue weighted by atomic mass is 10.3. The summed E-state index contributed by atoms with van der Waals surface area (Å²) in [6, 6.07) is 1.73. The fourth-order valence-corrected chi connectivity index (χ4v) is 1.58. The molecule has 2 N–H and O–H groups in total. The quantitative estimate of drug-likeness (QED) is 0.725. The van der Waals surface area contributed by atoms with Crippen LogP contribution in [0.3, 0.4) is 0 Å². The normalized spacial score (nSPS) is 22.5. The SMILES string of the molecule is CN1CCC(Oc2ccnc(N)n2)C1. The summed E-state index contributed by atoms with van der Waals surface area (Å²) in [5.41, 5.74) is 5.45. The number of nitrogen functional groups attached to an aromatic ring is 1. The summed E-state index contributed by atoms with van der Waals surface area (Å²) >= 11 is 0. The van der Waals surface area contributed by atoms with Crippen molar-refractivity contribution in [3.05, 3.63) is 12.3 Å². The Morgan fingerprint density at radius 3 is 3.14 bits per heavy atom. The molecule has 1 fully saturated rings. The van der Waals surface area contributed by atoms with E-state index in [9.17, 15) is 0 Å². The van der Waals surface area contributed by atoms with Crippen LogP contribution in [0, 0.1) is 0 Å². The van der Waals surface area contributed by atoms with E-state index in [1.165, 1.54) is 0 Å². The van der Waals surface area contributed by atoms with Gasteiger partial charge in [0, 0.05) is 25.4 Å². The predicted octanol–water partition coefficient (Wildman–Crippen LogP) is 0.142. The minimum Gasteiger partial charge on any atom is -0.473 e. The first kappa shape index (κ1) is 9.21. The largest absolute Gasteiger partial charge is 0.473 e. The molecular weight excluding hydrogens is 180 g/mol. The Balaban J connectivity index is 1.97. The zero-order valence-electron chi connectivity index (χ0n) is 8.18. The van der Waals surface area contributed by atoms with Crippen LogP contribution in [-0.2, 0) is 0 Å². The van der Waals surface area contributed by atoms with Crippen LogP contribution in [-0.4, -0.2) is 41.1 Å². The first-order valence-electron chi connectivity index (χ1n) is 4.68. The van der Waals surface area contributed by atoms with E-state index in [0.717, 1.165) is 19.5 Å². The molecule has 0 aliphatic carbocycles. The molecule has 1 atom stereocenters. The maximum Gasteiger partial charge on any atom is 0.223 e. The topological polar surface area (TPSA) is 64.3 Å². The molecule has 0 aromatic carbocycles. The van der Waals surface area contributed by atoms with E-state index in [0.29, 0.717) is 5.88 Å². The van der Waals surface area contributed by atoms with Crippen molar-refractivity contribution >= 4 is 5.95 Å². The second-order valence-electron chi connectivity index (χ2n) is 3.54. The number of ether oxygens (including phenoxy) is 1. The highest BCUT2D eigenvalue weighted by atomic mass is 16.5. The monoisotopic (exact) mass is 194 g/mol. The molecular formula is C9H14N4O. The summed E-state index contributed by atoms with van der Waals surface area (Å²) in [7, 11) is 2.08. The van der Waals surface area contributed by atoms with E-state index in [2.05, 4.69) is 21.9 Å². The number of hydrogen-bond acceptors (Lipinski definition) is 5. The number of likely N-dealkylation sites (N-methyl/N-ethyl adjacent to an activating group) is 1. The lowest BCUT2D eigenvalue weighted by molar-refractivity contribution is 0.200. The Bertz CT molecular complexity index is 317. The summed E-state index contributed by atoms with van der Waals surface area (Å²) in [5.74, 6) is 0.826. The molecule has 14 heavy (non-hydrogen) atoms. The second kappa shape index (κ2) is 3.79. The number of rotatable bonds is 2. The van der Waals surface area contributed by atoms with E-state index in [-0.39, 0.29) is 12.1 Å². The standard InChI is InChI=1S/C9H14N4O/c1-13-5-3-7(6-13)14-8-2-4-11-9(10)12-8/h2,4,7H,3,5-6H2,1H3,(H2,10,11,12). The predicted molar refractivity (Wildman–Crippen MR) is 53.0 cm³/mol. The van der Waals surface area contributed by atoms with Crippen LogP contribution in [0.4, 0.5) is 5.95 Å². The highest BCUT2D eigenvalue weighted by Crippen LogP contribution is 2.15. The van der Waals surface area contributed by atoms with Crippen LogP contribution in [0.25, 0.3) is 0 Å². The van der Waals surface area contributed by atoms with Gasteiger partial charge in [-0.25, -0.2) is 4.98 Å². The Morgan fingerprint density at radius 2 is 2.50 bits per heavy atom. The lowest BCUT2D eigenvalue weighted by Gasteiger charge is -2.12. The third-order valence-electron chi connectivity index (χ3n) is 2.28. The second-order valence-corrected chi connectivity index (χ2v) is 3.54. The fraction of sp³-hybridized carbons (Fsp3) is 0.556. The lowest BCUT2D eigenvalue weighted by Crippen LogP contribution is -2.21. The average Bonchev–Trinajstić information content (AvgIpc) is 2.51. The number of hydrogen-bond donors (Lipinski definition) is 1. The van der Waals surface area contributed by atoms with Crippen LogP contribution < -0.4 is 10.5 Å². The van der Waals surface area contributed by atoms with Gasteiger partial charge in [0.15, 0.2) is 0 Å². The first-order valence-corrected chi connectivity index (χ1v) is 4.68. The van der Waals surface area contributed by atoms with Crippen molar-refractivity contribution < 1.29 is 4.74 Å². The van der Waals surface area contributed by atoms with Gasteiger partial charge in [0.1, 0.15) is 6.10 Å². The summed E-state index contributed by atoms with van der Waals surface area (Å²) in [5, 5.41) is 0. The van der Waals surface area contributed by atoms with Gasteiger partial charge in [-0.2, -0.15) is 4.98 Å². The van der Waals surface area contributed by atoms with Crippen LogP contribution in [0.15, 0.2) is 12.3 Å². The van der Waals surface area contributed by atoms with Crippen molar-refractivity contribution in [2.75, 3.05) is 25.9 Å². The Kier molecular flexibility index (Phi) is 2.49. The van der Waals surface area contributed by atoms with Crippen molar-refractivity contribution in [3.8, 4) is 5.88 Å². The molecule has 0 amide bonds. The van der Waals surface area contributed by atoms with Gasteiger partial charge in [-0.05, 0) is 13.5 Å². The molecule has 0 radical (unpaired) electrons. The number of nitrogens with zero attached hydrogens (tertiary/aromatic N) is 3. The van der Waals surface area contributed by atoms with Gasteiger partial charge < -0.3 is 15.4 Å². The highest BCUT2D eigenvalue weighted by molar-refractivity contribution is 5.20. The molecule has 1 aromatic heterocycles. The van der Waals surface area contributed by atoms with Crippen LogP contribution in [0.1, 0.15) is 6.42 Å². The van der Waals surface area contributed by atoms with Gasteiger partial charge in [-0.1, -0.05) is 0 Å². The molecule has 5 heteroatoms. The molecule has 1 unspecified atom stereocenters. The highest BCUT2D eigenvalue weighted by Gasteiger charge is 2.21. The van der Waals surface area contributed by atoms with Gasteiger partial charge in [-0.3, -0.25) is 0 Å². The van der Waals surface area contributed by atoms with E-state index in [4.69, 9.17) is 10.5 Å². The summed E-state index contributed by atoms with van der Waals surface area (Å²) in [6.07, 6.45) is 2.88. The molecule has 0 spiro atoms. The molecule has 1 saturated heterocycles. The third kappa shape index (κ3) is 2.11. The molecule has 76 valence electrons. The minimum absolute atomic E-state index is 0.231. The molecule has 1 aliphatic heterocycles. The molecule has 2 rings (SSSR count). The molecule has 5 nitrogen and oxygen atoms in total. The van der Waals surface area contributed by atoms with Gasteiger partial charge >= 0.3 is 0 Å². The van der Waals surface area contributed by atoms with Crippen molar-refractivity contribution in [1.29, 1.82) is 0 Å². The summed E-state index contributed by atoms with van der Waals surface area (Å²) < 4.78 is 5.65. The van der Waals surface area contributed by atoms with Crippen LogP contribution in [0.2, 0.25) is 0 Å². The number of likely N-dealkylation sites (tertiary alicyclic amines) is 1. The first-order chi connectivity index (χ1) is 6.74. The molecule has 1 aliphatic rings. The average molecular weight is 194 g/mol. The van der Waals surface area contributed by atoms with Crippen molar-refractivity contribution in [1.82, 2.24) is 14.9 Å². The van der Waals surface area contributed by atoms with Gasteiger partial charge in [0.05, 0.1) is 0 Å². The van der Waals surface area contributed by atoms with Crippen molar-refractivity contribution in [3.63, 3.8) is 0 Å². The minimum atomic E-state index is 0.231. The fourth-order valence-electron chi connectivity index (χ4n) is 1.58. The Morgan fingerprint density at radius 1 is 1.64 bits per heavy atom. The van der Waals surface area contributed by atoms with E-state index >= 15 is 0 Å². The molecule has 0 saturated carbocycles. The van der Waals surface area contributed by atoms with E-state index in [1.54, 1.807) is 12.3 Å². The van der Waals surface area contributed by atoms with Crippen LogP contribution >= 0.6 is 0 Å². The molecule has 1 aromatic rings. The zero-order chi connectivity index (χ0) is 9.97. The van der Waals surface area contributed by atoms with E-state index in [1.807, 2.05) is 0 Å². The number of anilines is 1. The maximum absolute atomic E-state index is 5.65. The van der Waals surface area contributed by atoms with Crippen molar-refractivity contribution in [2.24, 2.45) is 0 Å². The third-order valence-corrected chi connectivity index (χ3v) is 2.28. The zero-order valence-corrected chi connectivity index (χ0v) is 8.18. The summed E-state index contributed by atoms with van der Waals surface area (Å²) in [6.45, 7) is 2.02. The smallest absolute Gasteiger partial charge is 0.223 e. The Labute approximate surface area is 82.9 Å². The van der Waals surface area contributed by atoms with Gasteiger partial charge in [0.2, 0.25) is 11.8 Å². The van der Waals surface area contributed by atoms with Crippen LogP contribution in [0.5, 0.6) is 5.88 Å². The van der Waals surface area contributed by atoms with Gasteiger partial charge in [-0.15, -0.1) is 0 Å². The van der Waals surface area contributed by atoms with Gasteiger partial charge in [0.25, 0.3) is 0 Å². The number of nitrogens with two attached hydrogens (primary N) is 1.